The largest absolute Gasteiger partial charge is 0.352 e. The summed E-state index contributed by atoms with van der Waals surface area (Å²) < 4.78 is 0. The topological polar surface area (TPSA) is 62.3 Å². The maximum atomic E-state index is 12.3. The summed E-state index contributed by atoms with van der Waals surface area (Å²) in [6.45, 7) is 0.748. The standard InChI is InChI=1S/C17H15Cl2N3O2/c18-14-2-1-13(8-15(14)19)22-10-12(7-16(22)23)17(24)21-9-11-3-5-20-6-4-11/h1-6,8,12H,7,9-10H2,(H,21,24). The zero-order chi connectivity index (χ0) is 17.1. The lowest BCUT2D eigenvalue weighted by molar-refractivity contribution is -0.126. The summed E-state index contributed by atoms with van der Waals surface area (Å²) in [6.07, 6.45) is 3.53. The van der Waals surface area contributed by atoms with Crippen LogP contribution in [0.15, 0.2) is 42.7 Å². The number of hydrogen-bond donors (Lipinski definition) is 1. The number of hydrogen-bond acceptors (Lipinski definition) is 3. The van der Waals surface area contributed by atoms with Crippen molar-refractivity contribution >= 4 is 40.7 Å². The van der Waals surface area contributed by atoms with Crippen molar-refractivity contribution in [3.05, 3.63) is 58.3 Å². The molecule has 0 spiro atoms. The second kappa shape index (κ2) is 7.20. The third-order valence-corrected chi connectivity index (χ3v) is 4.67. The molecule has 24 heavy (non-hydrogen) atoms. The number of pyridine rings is 1. The molecule has 1 fully saturated rings. The van der Waals surface area contributed by atoms with Gasteiger partial charge in [0.2, 0.25) is 11.8 Å². The number of aromatic nitrogens is 1. The van der Waals surface area contributed by atoms with Gasteiger partial charge in [0.05, 0.1) is 16.0 Å². The molecular formula is C17H15Cl2N3O2. The number of carbonyl (C=O) groups is 2. The molecule has 0 saturated carbocycles. The van der Waals surface area contributed by atoms with Crippen LogP contribution in [0.3, 0.4) is 0 Å². The minimum absolute atomic E-state index is 0.0996. The predicted octanol–water partition coefficient (Wildman–Crippen LogP) is 3.06. The van der Waals surface area contributed by atoms with Gasteiger partial charge in [-0.05, 0) is 35.9 Å². The summed E-state index contributed by atoms with van der Waals surface area (Å²) in [5, 5.41) is 3.67. The first kappa shape index (κ1) is 16.7. The summed E-state index contributed by atoms with van der Waals surface area (Å²) in [4.78, 5) is 30.0. The van der Waals surface area contributed by atoms with Crippen LogP contribution in [0.2, 0.25) is 10.0 Å². The summed E-state index contributed by atoms with van der Waals surface area (Å²) in [6, 6.07) is 8.68. The lowest BCUT2D eigenvalue weighted by atomic mass is 10.1. The smallest absolute Gasteiger partial charge is 0.227 e. The van der Waals surface area contributed by atoms with E-state index in [-0.39, 0.29) is 24.2 Å². The zero-order valence-corrected chi connectivity index (χ0v) is 14.2. The Balaban J connectivity index is 1.63. The van der Waals surface area contributed by atoms with E-state index < -0.39 is 0 Å². The van der Waals surface area contributed by atoms with Crippen molar-refractivity contribution in [2.24, 2.45) is 5.92 Å². The zero-order valence-electron chi connectivity index (χ0n) is 12.7. The van der Waals surface area contributed by atoms with Crippen molar-refractivity contribution in [1.82, 2.24) is 10.3 Å². The van der Waals surface area contributed by atoms with E-state index in [1.807, 2.05) is 12.1 Å². The quantitative estimate of drug-likeness (QED) is 0.907. The van der Waals surface area contributed by atoms with Crippen LogP contribution in [-0.4, -0.2) is 23.3 Å². The molecule has 3 rings (SSSR count). The molecule has 2 heterocycles. The third-order valence-electron chi connectivity index (χ3n) is 3.93. The first-order chi connectivity index (χ1) is 11.5. The summed E-state index contributed by atoms with van der Waals surface area (Å²) in [5.74, 6) is -0.617. The number of benzene rings is 1. The fourth-order valence-electron chi connectivity index (χ4n) is 2.62. The molecule has 1 N–H and O–H groups in total. The molecule has 0 radical (unpaired) electrons. The van der Waals surface area contributed by atoms with Gasteiger partial charge in [0.1, 0.15) is 0 Å². The summed E-state index contributed by atoms with van der Waals surface area (Å²) in [7, 11) is 0. The molecule has 1 atom stereocenters. The number of nitrogens with zero attached hydrogens (tertiary/aromatic N) is 2. The fourth-order valence-corrected chi connectivity index (χ4v) is 2.91. The lowest BCUT2D eigenvalue weighted by Crippen LogP contribution is -2.32. The minimum atomic E-state index is -0.381. The Morgan fingerprint density at radius 1 is 1.21 bits per heavy atom. The third kappa shape index (κ3) is 3.68. The van der Waals surface area contributed by atoms with Crippen LogP contribution in [0.5, 0.6) is 0 Å². The molecule has 1 aromatic carbocycles. The highest BCUT2D eigenvalue weighted by molar-refractivity contribution is 6.42. The van der Waals surface area contributed by atoms with Crippen molar-refractivity contribution in [2.45, 2.75) is 13.0 Å². The predicted molar refractivity (Wildman–Crippen MR) is 93.0 cm³/mol. The fraction of sp³-hybridized carbons (Fsp3) is 0.235. The SMILES string of the molecule is O=C(NCc1ccncc1)C1CC(=O)N(c2ccc(Cl)c(Cl)c2)C1. The number of halogens is 2. The first-order valence-electron chi connectivity index (χ1n) is 7.46. The first-order valence-corrected chi connectivity index (χ1v) is 8.22. The minimum Gasteiger partial charge on any atom is -0.352 e. The molecular weight excluding hydrogens is 349 g/mol. The molecule has 0 aliphatic carbocycles. The van der Waals surface area contributed by atoms with Crippen molar-refractivity contribution in [3.8, 4) is 0 Å². The van der Waals surface area contributed by atoms with Crippen LogP contribution in [0, 0.1) is 5.92 Å². The van der Waals surface area contributed by atoms with E-state index in [1.54, 1.807) is 35.5 Å². The van der Waals surface area contributed by atoms with Crippen LogP contribution in [-0.2, 0) is 16.1 Å². The van der Waals surface area contributed by atoms with Gasteiger partial charge in [-0.1, -0.05) is 23.2 Å². The Morgan fingerprint density at radius 2 is 1.96 bits per heavy atom. The molecule has 1 aromatic heterocycles. The van der Waals surface area contributed by atoms with Gasteiger partial charge in [0, 0.05) is 37.6 Å². The molecule has 2 amide bonds. The van der Waals surface area contributed by atoms with Crippen molar-refractivity contribution in [3.63, 3.8) is 0 Å². The number of rotatable bonds is 4. The highest BCUT2D eigenvalue weighted by Crippen LogP contribution is 2.31. The Hall–Kier alpha value is -2.11. The van der Waals surface area contributed by atoms with Gasteiger partial charge < -0.3 is 10.2 Å². The van der Waals surface area contributed by atoms with Crippen molar-refractivity contribution < 1.29 is 9.59 Å². The molecule has 1 aliphatic rings. The lowest BCUT2D eigenvalue weighted by Gasteiger charge is -2.17. The Bertz CT molecular complexity index is 768. The molecule has 2 aromatic rings. The molecule has 5 nitrogen and oxygen atoms in total. The van der Waals surface area contributed by atoms with Crippen LogP contribution in [0.25, 0.3) is 0 Å². The van der Waals surface area contributed by atoms with Crippen molar-refractivity contribution in [1.29, 1.82) is 0 Å². The molecule has 1 unspecified atom stereocenters. The van der Waals surface area contributed by atoms with Crippen LogP contribution in [0.4, 0.5) is 5.69 Å². The molecule has 0 bridgehead atoms. The average molecular weight is 364 g/mol. The normalized spacial score (nSPS) is 17.2. The summed E-state index contributed by atoms with van der Waals surface area (Å²) in [5.41, 5.74) is 1.61. The second-order valence-electron chi connectivity index (χ2n) is 5.58. The van der Waals surface area contributed by atoms with Gasteiger partial charge in [-0.2, -0.15) is 0 Å². The monoisotopic (exact) mass is 363 g/mol. The van der Waals surface area contributed by atoms with E-state index in [1.165, 1.54) is 0 Å². The summed E-state index contributed by atoms with van der Waals surface area (Å²) >= 11 is 11.9. The number of anilines is 1. The molecule has 1 aliphatic heterocycles. The van der Waals surface area contributed by atoms with Crippen LogP contribution >= 0.6 is 23.2 Å². The van der Waals surface area contributed by atoms with Gasteiger partial charge >= 0.3 is 0 Å². The second-order valence-corrected chi connectivity index (χ2v) is 6.39. The van der Waals surface area contributed by atoms with E-state index in [0.29, 0.717) is 28.8 Å². The van der Waals surface area contributed by atoms with Gasteiger partial charge in [-0.15, -0.1) is 0 Å². The van der Waals surface area contributed by atoms with Gasteiger partial charge in [0.15, 0.2) is 0 Å². The number of nitrogens with one attached hydrogen (secondary N) is 1. The van der Waals surface area contributed by atoms with E-state index in [2.05, 4.69) is 10.3 Å². The molecule has 7 heteroatoms. The number of amides is 2. The maximum absolute atomic E-state index is 12.3. The van der Waals surface area contributed by atoms with E-state index in [9.17, 15) is 9.59 Å². The molecule has 124 valence electrons. The van der Waals surface area contributed by atoms with E-state index in [0.717, 1.165) is 5.56 Å². The van der Waals surface area contributed by atoms with Gasteiger partial charge in [0.25, 0.3) is 0 Å². The molecule has 1 saturated heterocycles. The average Bonchev–Trinajstić information content (AvgIpc) is 2.98. The van der Waals surface area contributed by atoms with Gasteiger partial charge in [-0.25, -0.2) is 0 Å². The highest BCUT2D eigenvalue weighted by atomic mass is 35.5. The van der Waals surface area contributed by atoms with E-state index >= 15 is 0 Å². The maximum Gasteiger partial charge on any atom is 0.227 e. The Kier molecular flexibility index (Phi) is 5.02. The van der Waals surface area contributed by atoms with E-state index in [4.69, 9.17) is 23.2 Å². The van der Waals surface area contributed by atoms with Crippen molar-refractivity contribution in [2.75, 3.05) is 11.4 Å². The highest BCUT2D eigenvalue weighted by Gasteiger charge is 2.35. The number of carbonyl (C=O) groups excluding carboxylic acids is 2. The Labute approximate surface area is 149 Å². The Morgan fingerprint density at radius 3 is 2.67 bits per heavy atom. The van der Waals surface area contributed by atoms with Crippen LogP contribution in [0.1, 0.15) is 12.0 Å². The van der Waals surface area contributed by atoms with Crippen LogP contribution < -0.4 is 10.2 Å². The van der Waals surface area contributed by atoms with Gasteiger partial charge in [-0.3, -0.25) is 14.6 Å².